The van der Waals surface area contributed by atoms with Gasteiger partial charge >= 0.3 is 5.97 Å². The van der Waals surface area contributed by atoms with Crippen LogP contribution in [0, 0.1) is 0 Å². The Hall–Kier alpha value is -2.82. The van der Waals surface area contributed by atoms with Crippen LogP contribution in [-0.4, -0.2) is 25.6 Å². The molecule has 1 aromatic carbocycles. The van der Waals surface area contributed by atoms with Gasteiger partial charge in [-0.05, 0) is 12.1 Å². The van der Waals surface area contributed by atoms with Crippen molar-refractivity contribution in [3.8, 4) is 5.69 Å². The highest BCUT2D eigenvalue weighted by molar-refractivity contribution is 5.85. The number of fused-ring (bicyclic) bond motifs is 2. The van der Waals surface area contributed by atoms with E-state index in [0.29, 0.717) is 0 Å². The molecule has 0 atom stereocenters. The molecule has 2 aliphatic rings. The summed E-state index contributed by atoms with van der Waals surface area (Å²) in [6, 6.07) is 9.50. The predicted octanol–water partition coefficient (Wildman–Crippen LogP) is 2.61. The van der Waals surface area contributed by atoms with Crippen molar-refractivity contribution in [2.75, 3.05) is 0 Å². The minimum Gasteiger partial charge on any atom is -0.477 e. The highest BCUT2D eigenvalue weighted by Gasteiger charge is 2.05. The Morgan fingerprint density at radius 3 is 2.89 bits per heavy atom. The SMILES string of the molecule is O=C(O)c1cn2cc3ccccc3nccc-2c[nH]1. The summed E-state index contributed by atoms with van der Waals surface area (Å²) >= 11 is 0. The van der Waals surface area contributed by atoms with E-state index < -0.39 is 5.97 Å². The summed E-state index contributed by atoms with van der Waals surface area (Å²) in [7, 11) is 0. The topological polar surface area (TPSA) is 70.9 Å². The second-order valence-corrected chi connectivity index (χ2v) is 4.10. The molecule has 2 aliphatic heterocycles. The van der Waals surface area contributed by atoms with Gasteiger partial charge in [-0.3, -0.25) is 4.98 Å². The Balaban J connectivity index is 2.37. The number of carboxylic acids is 1. The number of aromatic amines is 1. The van der Waals surface area contributed by atoms with Gasteiger partial charge in [0.25, 0.3) is 0 Å². The molecule has 5 heteroatoms. The Morgan fingerprint density at radius 1 is 1.21 bits per heavy atom. The number of nitrogens with zero attached hydrogens (tertiary/aromatic N) is 2. The summed E-state index contributed by atoms with van der Waals surface area (Å²) in [5.41, 5.74) is 1.80. The average Bonchev–Trinajstić information content (AvgIpc) is 2.38. The average molecular weight is 253 g/mol. The lowest BCUT2D eigenvalue weighted by molar-refractivity contribution is 0.0689. The van der Waals surface area contributed by atoms with Crippen LogP contribution < -0.4 is 0 Å². The zero-order valence-electron chi connectivity index (χ0n) is 9.95. The van der Waals surface area contributed by atoms with Crippen molar-refractivity contribution in [1.29, 1.82) is 0 Å². The van der Waals surface area contributed by atoms with Gasteiger partial charge in [-0.15, -0.1) is 0 Å². The zero-order chi connectivity index (χ0) is 13.2. The zero-order valence-corrected chi connectivity index (χ0v) is 9.95. The Labute approximate surface area is 108 Å². The van der Waals surface area contributed by atoms with Gasteiger partial charge in [0, 0.05) is 30.2 Å². The lowest BCUT2D eigenvalue weighted by atomic mass is 10.2. The third kappa shape index (κ3) is 2.13. The second kappa shape index (κ2) is 4.45. The first-order valence-corrected chi connectivity index (χ1v) is 5.75. The summed E-state index contributed by atoms with van der Waals surface area (Å²) in [5.74, 6) is -0.993. The number of carboxylic acid groups (broad SMARTS) is 1. The van der Waals surface area contributed by atoms with Crippen molar-refractivity contribution in [3.63, 3.8) is 0 Å². The van der Waals surface area contributed by atoms with Crippen LogP contribution in [0.15, 0.2) is 55.1 Å². The number of aromatic carboxylic acids is 1. The summed E-state index contributed by atoms with van der Waals surface area (Å²) < 4.78 is 1.77. The quantitative estimate of drug-likeness (QED) is 0.700. The molecule has 0 amide bonds. The number of hydrogen-bond donors (Lipinski definition) is 2. The van der Waals surface area contributed by atoms with Crippen LogP contribution in [0.3, 0.4) is 0 Å². The van der Waals surface area contributed by atoms with Gasteiger partial charge in [-0.1, -0.05) is 18.2 Å². The van der Waals surface area contributed by atoms with Crippen LogP contribution in [0.2, 0.25) is 0 Å². The third-order valence-corrected chi connectivity index (χ3v) is 2.85. The number of para-hydroxylation sites is 1. The molecule has 0 unspecified atom stereocenters. The molecular formula is C14H11N3O2. The maximum atomic E-state index is 11.0. The summed E-state index contributed by atoms with van der Waals surface area (Å²) in [6.07, 6.45) is 6.74. The van der Waals surface area contributed by atoms with Crippen LogP contribution >= 0.6 is 0 Å². The molecule has 0 spiro atoms. The summed E-state index contributed by atoms with van der Waals surface area (Å²) in [6.45, 7) is 0. The van der Waals surface area contributed by atoms with Crippen molar-refractivity contribution in [2.24, 2.45) is 0 Å². The molecule has 0 aromatic heterocycles. The first-order chi connectivity index (χ1) is 9.24. The first-order valence-electron chi connectivity index (χ1n) is 5.75. The second-order valence-electron chi connectivity index (χ2n) is 4.10. The molecule has 0 radical (unpaired) electrons. The van der Waals surface area contributed by atoms with Crippen molar-refractivity contribution in [2.45, 2.75) is 0 Å². The van der Waals surface area contributed by atoms with Gasteiger partial charge in [0.05, 0.1) is 11.2 Å². The highest BCUT2D eigenvalue weighted by atomic mass is 16.4. The molecule has 0 fully saturated rings. The van der Waals surface area contributed by atoms with Gasteiger partial charge in [0.2, 0.25) is 0 Å². The Bertz CT molecular complexity index is 771. The number of nitrogens with one attached hydrogen (secondary N) is 1. The fourth-order valence-electron chi connectivity index (χ4n) is 1.90. The fraction of sp³-hybridized carbons (Fsp3) is 0. The molecule has 0 bridgehead atoms. The van der Waals surface area contributed by atoms with E-state index in [2.05, 4.69) is 9.97 Å². The molecule has 94 valence electrons. The van der Waals surface area contributed by atoms with E-state index in [-0.39, 0.29) is 5.69 Å². The lowest BCUT2D eigenvalue weighted by Gasteiger charge is -2.09. The highest BCUT2D eigenvalue weighted by Crippen LogP contribution is 2.13. The largest absolute Gasteiger partial charge is 0.477 e. The van der Waals surface area contributed by atoms with Crippen LogP contribution in [-0.2, 0) is 0 Å². The number of aromatic nitrogens is 3. The number of hydrogen-bond acceptors (Lipinski definition) is 2. The maximum Gasteiger partial charge on any atom is 0.353 e. The smallest absolute Gasteiger partial charge is 0.353 e. The minimum absolute atomic E-state index is 0.128. The minimum atomic E-state index is -0.993. The molecular weight excluding hydrogens is 242 g/mol. The predicted molar refractivity (Wildman–Crippen MR) is 71.2 cm³/mol. The monoisotopic (exact) mass is 253 g/mol. The van der Waals surface area contributed by atoms with E-state index in [1.165, 1.54) is 0 Å². The molecule has 1 aromatic rings. The van der Waals surface area contributed by atoms with E-state index in [1.54, 1.807) is 23.2 Å². The van der Waals surface area contributed by atoms with Gasteiger partial charge in [0.1, 0.15) is 5.69 Å². The molecule has 0 aliphatic carbocycles. The number of benzene rings is 1. The van der Waals surface area contributed by atoms with E-state index in [4.69, 9.17) is 5.11 Å². The number of rotatable bonds is 1. The maximum absolute atomic E-state index is 11.0. The van der Waals surface area contributed by atoms with Crippen LogP contribution in [0.4, 0.5) is 0 Å². The van der Waals surface area contributed by atoms with Gasteiger partial charge in [-0.25, -0.2) is 4.79 Å². The number of H-pyrrole nitrogens is 1. The molecule has 5 nitrogen and oxygen atoms in total. The Morgan fingerprint density at radius 2 is 2.05 bits per heavy atom. The molecule has 19 heavy (non-hydrogen) atoms. The van der Waals surface area contributed by atoms with Crippen LogP contribution in [0.1, 0.15) is 10.5 Å². The van der Waals surface area contributed by atoms with E-state index in [1.807, 2.05) is 36.5 Å². The molecule has 2 heterocycles. The van der Waals surface area contributed by atoms with Crippen molar-refractivity contribution < 1.29 is 9.90 Å². The van der Waals surface area contributed by atoms with Gasteiger partial charge < -0.3 is 14.7 Å². The number of carbonyl (C=O) groups is 1. The van der Waals surface area contributed by atoms with E-state index in [9.17, 15) is 4.79 Å². The summed E-state index contributed by atoms with van der Waals surface area (Å²) in [4.78, 5) is 18.1. The van der Waals surface area contributed by atoms with Crippen LogP contribution in [0.5, 0.6) is 0 Å². The molecule has 0 saturated carbocycles. The normalized spacial score (nSPS) is 10.5. The standard InChI is InChI=1S/C14H11N3O2/c18-14(19)13-9-17-8-10-3-1-2-4-12(10)15-6-5-11(17)7-16-13/h1-9,16H,(H,18,19). The van der Waals surface area contributed by atoms with Crippen LogP contribution in [0.25, 0.3) is 16.6 Å². The van der Waals surface area contributed by atoms with Crippen molar-refractivity contribution >= 4 is 16.9 Å². The molecule has 0 saturated heterocycles. The molecule has 3 rings (SSSR count). The fourth-order valence-corrected chi connectivity index (χ4v) is 1.90. The Kier molecular flexibility index (Phi) is 2.64. The van der Waals surface area contributed by atoms with E-state index >= 15 is 0 Å². The van der Waals surface area contributed by atoms with Gasteiger partial charge in [-0.2, -0.15) is 0 Å². The van der Waals surface area contributed by atoms with Crippen molar-refractivity contribution in [1.82, 2.24) is 14.5 Å². The lowest BCUT2D eigenvalue weighted by Crippen LogP contribution is -2.06. The van der Waals surface area contributed by atoms with Gasteiger partial charge in [0.15, 0.2) is 0 Å². The molecule has 2 N–H and O–H groups in total. The van der Waals surface area contributed by atoms with E-state index in [0.717, 1.165) is 16.6 Å². The third-order valence-electron chi connectivity index (χ3n) is 2.85. The first kappa shape index (κ1) is 11.3. The summed E-state index contributed by atoms with van der Waals surface area (Å²) in [5, 5.41) is 9.94. The van der Waals surface area contributed by atoms with Crippen molar-refractivity contribution in [3.05, 3.63) is 60.8 Å².